The van der Waals surface area contributed by atoms with E-state index in [1.807, 2.05) is 50.2 Å². The zero-order chi connectivity index (χ0) is 19.0. The van der Waals surface area contributed by atoms with E-state index >= 15 is 0 Å². The summed E-state index contributed by atoms with van der Waals surface area (Å²) < 4.78 is 3.45. The highest BCUT2D eigenvalue weighted by Gasteiger charge is 2.15. The van der Waals surface area contributed by atoms with Crippen LogP contribution in [0.5, 0.6) is 0 Å². The van der Waals surface area contributed by atoms with E-state index in [2.05, 4.69) is 22.8 Å². The summed E-state index contributed by atoms with van der Waals surface area (Å²) in [6, 6.07) is 15.9. The number of hydrogen-bond donors (Lipinski definition) is 2. The maximum atomic E-state index is 12.5. The lowest BCUT2D eigenvalue weighted by atomic mass is 10.1. The van der Waals surface area contributed by atoms with Gasteiger partial charge in [-0.2, -0.15) is 0 Å². The largest absolute Gasteiger partial charge is 0.342 e. The molecule has 0 radical (unpaired) electrons. The van der Waals surface area contributed by atoms with E-state index in [1.54, 1.807) is 11.3 Å². The van der Waals surface area contributed by atoms with Crippen molar-refractivity contribution in [3.63, 3.8) is 0 Å². The summed E-state index contributed by atoms with van der Waals surface area (Å²) in [6.45, 7) is 3.84. The van der Waals surface area contributed by atoms with E-state index in [0.717, 1.165) is 26.2 Å². The van der Waals surface area contributed by atoms with Gasteiger partial charge >= 0.3 is 0 Å². The van der Waals surface area contributed by atoms with E-state index in [1.165, 1.54) is 21.4 Å². The smallest absolute Gasteiger partial charge is 0.261 e. The van der Waals surface area contributed by atoms with Crippen LogP contribution in [-0.4, -0.2) is 18.4 Å². The van der Waals surface area contributed by atoms with Crippen LogP contribution >= 0.6 is 22.7 Å². The molecule has 6 heteroatoms. The predicted molar refractivity (Wildman–Crippen MR) is 114 cm³/mol. The fourth-order valence-electron chi connectivity index (χ4n) is 3.05. The number of hydrogen-bond acceptors (Lipinski definition) is 4. The third-order valence-electron chi connectivity index (χ3n) is 4.43. The van der Waals surface area contributed by atoms with Gasteiger partial charge in [0, 0.05) is 20.5 Å². The second-order valence-electron chi connectivity index (χ2n) is 6.40. The summed E-state index contributed by atoms with van der Waals surface area (Å²) in [5, 5.41) is 6.78. The highest BCUT2D eigenvalue weighted by atomic mass is 32.1. The van der Waals surface area contributed by atoms with Crippen molar-refractivity contribution >= 4 is 59.7 Å². The van der Waals surface area contributed by atoms with Crippen LogP contribution in [0.1, 0.15) is 20.8 Å². The van der Waals surface area contributed by atoms with Gasteiger partial charge in [-0.05, 0) is 37.1 Å². The van der Waals surface area contributed by atoms with Crippen molar-refractivity contribution in [1.29, 1.82) is 0 Å². The number of aryl methyl sites for hydroxylation is 2. The van der Waals surface area contributed by atoms with Gasteiger partial charge in [0.2, 0.25) is 5.91 Å². The first-order valence-electron chi connectivity index (χ1n) is 8.58. The number of para-hydroxylation sites is 1. The summed E-state index contributed by atoms with van der Waals surface area (Å²) in [4.78, 5) is 25.3. The topological polar surface area (TPSA) is 58.2 Å². The zero-order valence-electron chi connectivity index (χ0n) is 15.0. The molecule has 4 nitrogen and oxygen atoms in total. The monoisotopic (exact) mass is 394 g/mol. The lowest BCUT2D eigenvalue weighted by molar-refractivity contribution is -0.115. The van der Waals surface area contributed by atoms with Crippen LogP contribution in [0.3, 0.4) is 0 Å². The number of thiophene rings is 2. The number of anilines is 1. The average Bonchev–Trinajstić information content (AvgIpc) is 3.21. The Bertz CT molecular complexity index is 1150. The normalized spacial score (nSPS) is 11.0. The van der Waals surface area contributed by atoms with Crippen molar-refractivity contribution in [2.75, 3.05) is 11.9 Å². The first-order chi connectivity index (χ1) is 13.0. The Morgan fingerprint density at radius 3 is 2.44 bits per heavy atom. The maximum absolute atomic E-state index is 12.5. The van der Waals surface area contributed by atoms with Crippen LogP contribution in [0.25, 0.3) is 19.5 Å². The van der Waals surface area contributed by atoms with Crippen LogP contribution in [0.15, 0.2) is 48.5 Å². The number of carbonyl (C=O) groups is 2. The quantitative estimate of drug-likeness (QED) is 0.506. The minimum Gasteiger partial charge on any atom is -0.342 e. The van der Waals surface area contributed by atoms with Gasteiger partial charge in [0.25, 0.3) is 5.91 Å². The average molecular weight is 395 g/mol. The summed E-state index contributed by atoms with van der Waals surface area (Å²) in [7, 11) is 0. The molecule has 2 N–H and O–H groups in total. The molecule has 27 heavy (non-hydrogen) atoms. The molecule has 2 amide bonds. The minimum absolute atomic E-state index is 0.0566. The molecular weight excluding hydrogens is 376 g/mol. The fourth-order valence-corrected chi connectivity index (χ4v) is 5.50. The van der Waals surface area contributed by atoms with E-state index in [-0.39, 0.29) is 18.4 Å². The molecule has 2 aromatic carbocycles. The Kier molecular flexibility index (Phi) is 4.68. The van der Waals surface area contributed by atoms with Gasteiger partial charge in [0.1, 0.15) is 0 Å². The Labute approximate surface area is 164 Å². The molecule has 0 spiro atoms. The summed E-state index contributed by atoms with van der Waals surface area (Å²) in [5.74, 6) is -0.450. The second-order valence-corrected chi connectivity index (χ2v) is 8.54. The van der Waals surface area contributed by atoms with Gasteiger partial charge in [0.15, 0.2) is 0 Å². The van der Waals surface area contributed by atoms with Crippen molar-refractivity contribution in [3.8, 4) is 0 Å². The molecule has 0 atom stereocenters. The Morgan fingerprint density at radius 2 is 1.67 bits per heavy atom. The summed E-state index contributed by atoms with van der Waals surface area (Å²) in [6.07, 6.45) is 0. The third kappa shape index (κ3) is 3.46. The molecule has 0 aliphatic carbocycles. The van der Waals surface area contributed by atoms with Crippen molar-refractivity contribution in [2.24, 2.45) is 0 Å². The predicted octanol–water partition coefficient (Wildman–Crippen LogP) is 5.10. The van der Waals surface area contributed by atoms with Crippen LogP contribution in [-0.2, 0) is 4.79 Å². The number of fused-ring (bicyclic) bond motifs is 3. The van der Waals surface area contributed by atoms with Crippen molar-refractivity contribution in [3.05, 3.63) is 64.5 Å². The molecule has 136 valence electrons. The molecule has 0 bridgehead atoms. The van der Waals surface area contributed by atoms with E-state index in [9.17, 15) is 9.59 Å². The minimum atomic E-state index is -0.232. The molecule has 0 unspecified atom stereocenters. The van der Waals surface area contributed by atoms with Crippen LogP contribution in [0.4, 0.5) is 5.69 Å². The zero-order valence-corrected chi connectivity index (χ0v) is 16.6. The van der Waals surface area contributed by atoms with Gasteiger partial charge in [-0.3, -0.25) is 9.59 Å². The van der Waals surface area contributed by atoms with Gasteiger partial charge in [0.05, 0.1) is 16.1 Å². The molecule has 4 rings (SSSR count). The van der Waals surface area contributed by atoms with Crippen molar-refractivity contribution < 1.29 is 9.59 Å². The van der Waals surface area contributed by atoms with Crippen molar-refractivity contribution in [2.45, 2.75) is 13.8 Å². The lowest BCUT2D eigenvalue weighted by Crippen LogP contribution is -2.32. The number of carbonyl (C=O) groups excluding carboxylic acids is 2. The lowest BCUT2D eigenvalue weighted by Gasteiger charge is -2.11. The number of amides is 2. The van der Waals surface area contributed by atoms with Crippen LogP contribution in [0, 0.1) is 13.8 Å². The van der Waals surface area contributed by atoms with Gasteiger partial charge in [-0.15, -0.1) is 22.7 Å². The highest BCUT2D eigenvalue weighted by Crippen LogP contribution is 2.39. The van der Waals surface area contributed by atoms with E-state index in [4.69, 9.17) is 0 Å². The third-order valence-corrected chi connectivity index (χ3v) is 6.84. The molecular formula is C21H18N2O2S2. The van der Waals surface area contributed by atoms with Crippen molar-refractivity contribution in [1.82, 2.24) is 5.32 Å². The molecule has 0 saturated heterocycles. The van der Waals surface area contributed by atoms with Crippen LogP contribution in [0.2, 0.25) is 0 Å². The Morgan fingerprint density at radius 1 is 0.926 bits per heavy atom. The molecule has 2 heterocycles. The molecule has 2 aromatic heterocycles. The Hall–Kier alpha value is -2.70. The standard InChI is InChI=1S/C21H18N2O2S2/c1-12-6-5-7-13(2)19(12)23-18(24)11-22-21(25)17-10-16-20(27-17)14-8-3-4-9-15(14)26-16/h3-10H,11H2,1-2H3,(H,22,25)(H,23,24). The first-order valence-corrected chi connectivity index (χ1v) is 10.2. The van der Waals surface area contributed by atoms with Gasteiger partial charge in [-0.25, -0.2) is 0 Å². The second kappa shape index (κ2) is 7.13. The SMILES string of the molecule is Cc1cccc(C)c1NC(=O)CNC(=O)c1cc2sc3ccccc3c2s1. The van der Waals surface area contributed by atoms with Gasteiger partial charge in [-0.1, -0.05) is 36.4 Å². The first kappa shape index (κ1) is 17.7. The molecule has 0 saturated carbocycles. The van der Waals surface area contributed by atoms with E-state index < -0.39 is 0 Å². The molecule has 0 fully saturated rings. The van der Waals surface area contributed by atoms with Crippen LogP contribution < -0.4 is 10.6 Å². The molecule has 0 aliphatic heterocycles. The molecule has 4 aromatic rings. The summed E-state index contributed by atoms with van der Waals surface area (Å²) >= 11 is 3.15. The number of nitrogens with one attached hydrogen (secondary N) is 2. The summed E-state index contributed by atoms with van der Waals surface area (Å²) in [5.41, 5.74) is 2.81. The van der Waals surface area contributed by atoms with E-state index in [0.29, 0.717) is 4.88 Å². The highest BCUT2D eigenvalue weighted by molar-refractivity contribution is 7.33. The Balaban J connectivity index is 1.44. The number of benzene rings is 2. The fraction of sp³-hybridized carbons (Fsp3) is 0.143. The maximum Gasteiger partial charge on any atom is 0.261 e. The molecule has 0 aliphatic rings. The number of rotatable bonds is 4. The van der Waals surface area contributed by atoms with Gasteiger partial charge < -0.3 is 10.6 Å².